The minimum absolute atomic E-state index is 0.644. The Morgan fingerprint density at radius 1 is 0.958 bits per heavy atom. The van der Waals surface area contributed by atoms with Crippen LogP contribution in [0.3, 0.4) is 0 Å². The molecule has 1 aromatic heterocycles. The summed E-state index contributed by atoms with van der Waals surface area (Å²) in [5, 5.41) is 4.93. The van der Waals surface area contributed by atoms with Gasteiger partial charge >= 0.3 is 0 Å². The van der Waals surface area contributed by atoms with Crippen molar-refractivity contribution in [3.05, 3.63) is 59.4 Å². The molecule has 0 bridgehead atoms. The Labute approximate surface area is 143 Å². The monoisotopic (exact) mass is 319 g/mol. The van der Waals surface area contributed by atoms with Gasteiger partial charge in [0.1, 0.15) is 11.3 Å². The highest BCUT2D eigenvalue weighted by molar-refractivity contribution is 5.96. The lowest BCUT2D eigenvalue weighted by molar-refractivity contribution is 0.464. The zero-order chi connectivity index (χ0) is 16.5. The van der Waals surface area contributed by atoms with Gasteiger partial charge in [0.25, 0.3) is 0 Å². The van der Waals surface area contributed by atoms with Crippen molar-refractivity contribution in [3.8, 4) is 11.1 Å². The second-order valence-electron chi connectivity index (χ2n) is 7.13. The number of nitrogens with one attached hydrogen (secondary N) is 1. The highest BCUT2D eigenvalue weighted by atomic mass is 16.3. The molecule has 2 nitrogen and oxygen atoms in total. The normalized spacial score (nSPS) is 15.4. The van der Waals surface area contributed by atoms with Gasteiger partial charge in [-0.05, 0) is 44.4 Å². The lowest BCUT2D eigenvalue weighted by atomic mass is 9.99. The average Bonchev–Trinajstić information content (AvgIpc) is 3.21. The molecule has 1 heterocycles. The van der Waals surface area contributed by atoms with E-state index in [0.717, 1.165) is 17.9 Å². The highest BCUT2D eigenvalue weighted by Gasteiger charge is 2.19. The van der Waals surface area contributed by atoms with Crippen LogP contribution in [-0.2, 0) is 6.54 Å². The van der Waals surface area contributed by atoms with Gasteiger partial charge in [-0.3, -0.25) is 0 Å². The van der Waals surface area contributed by atoms with Crippen molar-refractivity contribution in [2.24, 2.45) is 0 Å². The van der Waals surface area contributed by atoms with Crippen molar-refractivity contribution in [3.63, 3.8) is 0 Å². The molecular weight excluding hydrogens is 294 g/mol. The summed E-state index contributed by atoms with van der Waals surface area (Å²) in [6.07, 6.45) is 5.28. The third kappa shape index (κ3) is 2.99. The Hall–Kier alpha value is -2.06. The van der Waals surface area contributed by atoms with Crippen LogP contribution in [0.1, 0.15) is 42.6 Å². The summed E-state index contributed by atoms with van der Waals surface area (Å²) < 4.78 is 6.24. The number of aryl methyl sites for hydroxylation is 2. The number of furan rings is 1. The molecule has 124 valence electrons. The number of hydrogen-bond acceptors (Lipinski definition) is 2. The first-order valence-electron chi connectivity index (χ1n) is 9.03. The van der Waals surface area contributed by atoms with E-state index in [-0.39, 0.29) is 0 Å². The van der Waals surface area contributed by atoms with E-state index in [1.165, 1.54) is 53.3 Å². The maximum Gasteiger partial charge on any atom is 0.135 e. The van der Waals surface area contributed by atoms with Gasteiger partial charge in [-0.1, -0.05) is 54.3 Å². The Balaban J connectivity index is 1.76. The first kappa shape index (κ1) is 15.5. The van der Waals surface area contributed by atoms with Gasteiger partial charge < -0.3 is 9.73 Å². The summed E-state index contributed by atoms with van der Waals surface area (Å²) in [7, 11) is 0. The second kappa shape index (κ2) is 6.45. The van der Waals surface area contributed by atoms with Crippen molar-refractivity contribution in [2.45, 2.75) is 52.1 Å². The fourth-order valence-electron chi connectivity index (χ4n) is 3.79. The van der Waals surface area contributed by atoms with Crippen LogP contribution in [0.25, 0.3) is 22.1 Å². The van der Waals surface area contributed by atoms with E-state index in [4.69, 9.17) is 4.42 Å². The summed E-state index contributed by atoms with van der Waals surface area (Å²) in [5.41, 5.74) is 6.03. The van der Waals surface area contributed by atoms with Gasteiger partial charge in [0.15, 0.2) is 0 Å². The van der Waals surface area contributed by atoms with E-state index >= 15 is 0 Å². The standard InChI is InChI=1S/C22H25NO/c1-15-7-10-17(11-8-15)22-19-13-16(2)9-12-20(19)24-21(22)14-23-18-5-3-4-6-18/h7-13,18,23H,3-6,14H2,1-2H3. The molecule has 4 rings (SSSR count). The first-order valence-corrected chi connectivity index (χ1v) is 9.03. The molecule has 1 aliphatic rings. The third-order valence-corrected chi connectivity index (χ3v) is 5.16. The molecule has 3 aromatic rings. The minimum Gasteiger partial charge on any atom is -0.459 e. The van der Waals surface area contributed by atoms with Crippen LogP contribution in [0.15, 0.2) is 46.9 Å². The molecule has 0 aliphatic heterocycles. The Kier molecular flexibility index (Phi) is 4.15. The van der Waals surface area contributed by atoms with Gasteiger partial charge in [0.2, 0.25) is 0 Å². The van der Waals surface area contributed by atoms with E-state index in [1.54, 1.807) is 0 Å². The maximum atomic E-state index is 6.24. The van der Waals surface area contributed by atoms with Crippen LogP contribution in [-0.4, -0.2) is 6.04 Å². The first-order chi connectivity index (χ1) is 11.7. The molecule has 0 radical (unpaired) electrons. The Morgan fingerprint density at radius 2 is 1.67 bits per heavy atom. The van der Waals surface area contributed by atoms with Crippen molar-refractivity contribution < 1.29 is 4.42 Å². The lowest BCUT2D eigenvalue weighted by Crippen LogP contribution is -2.25. The van der Waals surface area contributed by atoms with Crippen LogP contribution in [0.2, 0.25) is 0 Å². The van der Waals surface area contributed by atoms with Gasteiger partial charge in [-0.15, -0.1) is 0 Å². The van der Waals surface area contributed by atoms with Crippen LogP contribution in [0, 0.1) is 13.8 Å². The average molecular weight is 319 g/mol. The molecule has 0 saturated heterocycles. The van der Waals surface area contributed by atoms with Crippen LogP contribution >= 0.6 is 0 Å². The van der Waals surface area contributed by atoms with E-state index in [0.29, 0.717) is 6.04 Å². The highest BCUT2D eigenvalue weighted by Crippen LogP contribution is 2.36. The number of rotatable bonds is 4. The molecular formula is C22H25NO. The van der Waals surface area contributed by atoms with Crippen molar-refractivity contribution in [1.82, 2.24) is 5.32 Å². The van der Waals surface area contributed by atoms with Crippen LogP contribution in [0.5, 0.6) is 0 Å². The molecule has 0 spiro atoms. The summed E-state index contributed by atoms with van der Waals surface area (Å²) in [5.74, 6) is 1.06. The zero-order valence-corrected chi connectivity index (χ0v) is 14.6. The van der Waals surface area contributed by atoms with E-state index < -0.39 is 0 Å². The Bertz CT molecular complexity index is 838. The Morgan fingerprint density at radius 3 is 2.42 bits per heavy atom. The summed E-state index contributed by atoms with van der Waals surface area (Å²) >= 11 is 0. The van der Waals surface area contributed by atoms with Gasteiger partial charge in [-0.25, -0.2) is 0 Å². The molecule has 0 amide bonds. The number of hydrogen-bond donors (Lipinski definition) is 1. The van der Waals surface area contributed by atoms with E-state index in [2.05, 4.69) is 61.6 Å². The molecule has 24 heavy (non-hydrogen) atoms. The van der Waals surface area contributed by atoms with E-state index in [1.807, 2.05) is 0 Å². The van der Waals surface area contributed by atoms with Crippen LogP contribution in [0.4, 0.5) is 0 Å². The van der Waals surface area contributed by atoms with Crippen molar-refractivity contribution >= 4 is 11.0 Å². The number of benzene rings is 2. The molecule has 2 aromatic carbocycles. The fourth-order valence-corrected chi connectivity index (χ4v) is 3.79. The maximum absolute atomic E-state index is 6.24. The molecule has 1 aliphatic carbocycles. The molecule has 1 fully saturated rings. The third-order valence-electron chi connectivity index (χ3n) is 5.16. The largest absolute Gasteiger partial charge is 0.459 e. The quantitative estimate of drug-likeness (QED) is 0.662. The van der Waals surface area contributed by atoms with Gasteiger partial charge in [0.05, 0.1) is 6.54 Å². The summed E-state index contributed by atoms with van der Waals surface area (Å²) in [6.45, 7) is 5.08. The van der Waals surface area contributed by atoms with Gasteiger partial charge in [0, 0.05) is 17.0 Å². The summed E-state index contributed by atoms with van der Waals surface area (Å²) in [6, 6.07) is 15.9. The summed E-state index contributed by atoms with van der Waals surface area (Å²) in [4.78, 5) is 0. The SMILES string of the molecule is Cc1ccc(-c2c(CNC3CCCC3)oc3ccc(C)cc23)cc1. The molecule has 0 unspecified atom stereocenters. The minimum atomic E-state index is 0.644. The number of fused-ring (bicyclic) bond motifs is 1. The van der Waals surface area contributed by atoms with Crippen LogP contribution < -0.4 is 5.32 Å². The molecule has 2 heteroatoms. The predicted molar refractivity (Wildman–Crippen MR) is 100 cm³/mol. The van der Waals surface area contributed by atoms with E-state index in [9.17, 15) is 0 Å². The molecule has 0 atom stereocenters. The smallest absolute Gasteiger partial charge is 0.135 e. The van der Waals surface area contributed by atoms with Crippen molar-refractivity contribution in [1.29, 1.82) is 0 Å². The molecule has 1 saturated carbocycles. The topological polar surface area (TPSA) is 25.2 Å². The zero-order valence-electron chi connectivity index (χ0n) is 14.6. The predicted octanol–water partition coefficient (Wildman–Crippen LogP) is 5.75. The van der Waals surface area contributed by atoms with Crippen molar-refractivity contribution in [2.75, 3.05) is 0 Å². The fraction of sp³-hybridized carbons (Fsp3) is 0.364. The lowest BCUT2D eigenvalue weighted by Gasteiger charge is -2.11. The second-order valence-corrected chi connectivity index (χ2v) is 7.13. The van der Waals surface area contributed by atoms with Gasteiger partial charge in [-0.2, -0.15) is 0 Å². The molecule has 1 N–H and O–H groups in total.